The normalized spacial score (nSPS) is 16.7. The Morgan fingerprint density at radius 1 is 1.15 bits per heavy atom. The van der Waals surface area contributed by atoms with E-state index in [2.05, 4.69) is 5.16 Å². The molecule has 0 fully saturated rings. The second-order valence-corrected chi connectivity index (χ2v) is 5.64. The van der Waals surface area contributed by atoms with Crippen LogP contribution in [0.3, 0.4) is 0 Å². The van der Waals surface area contributed by atoms with E-state index in [1.54, 1.807) is 36.4 Å². The van der Waals surface area contributed by atoms with Gasteiger partial charge in [0.15, 0.2) is 0 Å². The Balaban J connectivity index is 0.000000379. The zero-order valence-corrected chi connectivity index (χ0v) is 15.3. The van der Waals surface area contributed by atoms with Gasteiger partial charge in [0.2, 0.25) is 0 Å². The van der Waals surface area contributed by atoms with E-state index in [-0.39, 0.29) is 28.5 Å². The smallest absolute Gasteiger partial charge is 0.872 e. The molecular formula is C20H16FeN2O4. The summed E-state index contributed by atoms with van der Waals surface area (Å²) in [6, 6.07) is 16.0. The van der Waals surface area contributed by atoms with Crippen molar-refractivity contribution in [3.8, 4) is 0 Å². The van der Waals surface area contributed by atoms with Crippen molar-refractivity contribution in [1.29, 1.82) is 0 Å². The fourth-order valence-corrected chi connectivity index (χ4v) is 2.51. The number of non-ortho nitro benzene ring substituents is 1. The average molecular weight is 404 g/mol. The van der Waals surface area contributed by atoms with Crippen LogP contribution in [0.4, 0.5) is 5.69 Å². The third kappa shape index (κ3) is 5.23. The fraction of sp³-hybridized carbons (Fsp3) is 0.100. The van der Waals surface area contributed by atoms with Crippen LogP contribution in [0.5, 0.6) is 0 Å². The molecule has 27 heavy (non-hydrogen) atoms. The third-order valence-electron chi connectivity index (χ3n) is 3.88. The van der Waals surface area contributed by atoms with Gasteiger partial charge in [0.1, 0.15) is 6.10 Å². The summed E-state index contributed by atoms with van der Waals surface area (Å²) in [4.78, 5) is 15.3. The van der Waals surface area contributed by atoms with Crippen molar-refractivity contribution in [1.82, 2.24) is 0 Å². The summed E-state index contributed by atoms with van der Waals surface area (Å²) in [5.74, 6) is -0.110. The predicted octanol–water partition coefficient (Wildman–Crippen LogP) is 3.23. The van der Waals surface area contributed by atoms with Gasteiger partial charge in [0.25, 0.3) is 5.69 Å². The molecule has 2 aromatic rings. The summed E-state index contributed by atoms with van der Waals surface area (Å²) in [5.41, 5.74) is 1.95. The van der Waals surface area contributed by atoms with Gasteiger partial charge in [-0.2, -0.15) is 18.2 Å². The Hall–Kier alpha value is -3.02. The van der Waals surface area contributed by atoms with E-state index in [4.69, 9.17) is 4.84 Å². The third-order valence-corrected chi connectivity index (χ3v) is 3.88. The van der Waals surface area contributed by atoms with Gasteiger partial charge in [0.05, 0.1) is 10.6 Å². The van der Waals surface area contributed by atoms with Crippen molar-refractivity contribution in [2.45, 2.75) is 12.5 Å². The first-order chi connectivity index (χ1) is 12.6. The molecule has 0 N–H and O–H groups in total. The Labute approximate surface area is 167 Å². The maximum atomic E-state index is 12.1. The van der Waals surface area contributed by atoms with Gasteiger partial charge < -0.3 is 9.94 Å². The molecule has 1 aliphatic carbocycles. The van der Waals surface area contributed by atoms with Crippen LogP contribution in [0, 0.1) is 10.1 Å². The van der Waals surface area contributed by atoms with E-state index in [1.807, 2.05) is 30.3 Å². The first-order valence-corrected chi connectivity index (χ1v) is 8.05. The molecule has 6 nitrogen and oxygen atoms in total. The SMILES string of the molecule is O=[N+]([O-])c1ccc(C2=NOC(C([O-])=C3C=CC=C3)C2)cc1.[Fe+2].c1cc[cH-]c1. The molecule has 1 aliphatic heterocycles. The van der Waals surface area contributed by atoms with Crippen molar-refractivity contribution >= 4 is 11.4 Å². The van der Waals surface area contributed by atoms with Crippen LogP contribution < -0.4 is 5.11 Å². The molecule has 0 spiro atoms. The van der Waals surface area contributed by atoms with E-state index in [9.17, 15) is 15.2 Å². The molecule has 0 saturated carbocycles. The predicted molar refractivity (Wildman–Crippen MR) is 96.5 cm³/mol. The second-order valence-electron chi connectivity index (χ2n) is 5.64. The minimum Gasteiger partial charge on any atom is -0.872 e. The largest absolute Gasteiger partial charge is 2.00 e. The van der Waals surface area contributed by atoms with Crippen molar-refractivity contribution in [3.05, 3.63) is 106 Å². The molecule has 1 unspecified atom stereocenters. The number of allylic oxidation sites excluding steroid dienone is 5. The number of oxime groups is 1. The van der Waals surface area contributed by atoms with Crippen LogP contribution in [0.15, 0.2) is 95.4 Å². The summed E-state index contributed by atoms with van der Waals surface area (Å²) in [7, 11) is 0. The Morgan fingerprint density at radius 3 is 2.30 bits per heavy atom. The Bertz CT molecular complexity index is 850. The standard InChI is InChI=1S/C15H12N2O4.C5H5.Fe/c18-15(11-3-1-2-4-11)14-9-13(16-21-14)10-5-7-12(8-6-10)17(19)20;1-2-4-5-3-1;/h1-8,14,18H,9H2;1-5H;/q;-1;+2/p-1. The molecule has 2 aromatic carbocycles. The van der Waals surface area contributed by atoms with Crippen LogP contribution >= 0.6 is 0 Å². The molecule has 0 aromatic heterocycles. The monoisotopic (exact) mass is 404 g/mol. The molecule has 0 radical (unpaired) electrons. The van der Waals surface area contributed by atoms with Crippen LogP contribution in [0.1, 0.15) is 12.0 Å². The van der Waals surface area contributed by atoms with Gasteiger partial charge in [-0.3, -0.25) is 10.1 Å². The number of nitrogens with zero attached hydrogens (tertiary/aromatic N) is 2. The van der Waals surface area contributed by atoms with E-state index < -0.39 is 11.0 Å². The summed E-state index contributed by atoms with van der Waals surface area (Å²) < 4.78 is 0. The zero-order valence-electron chi connectivity index (χ0n) is 14.2. The van der Waals surface area contributed by atoms with Gasteiger partial charge in [-0.25, -0.2) is 12.1 Å². The van der Waals surface area contributed by atoms with Crippen molar-refractivity contribution in [2.24, 2.45) is 5.16 Å². The van der Waals surface area contributed by atoms with E-state index in [0.717, 1.165) is 5.56 Å². The molecule has 0 amide bonds. The van der Waals surface area contributed by atoms with E-state index >= 15 is 0 Å². The van der Waals surface area contributed by atoms with E-state index in [1.165, 1.54) is 12.1 Å². The maximum Gasteiger partial charge on any atom is 2.00 e. The number of hydrogen-bond donors (Lipinski definition) is 0. The fourth-order valence-electron chi connectivity index (χ4n) is 2.51. The van der Waals surface area contributed by atoms with Crippen molar-refractivity contribution < 1.29 is 31.9 Å². The summed E-state index contributed by atoms with van der Waals surface area (Å²) in [6.07, 6.45) is 6.78. The minimum absolute atomic E-state index is 0. The quantitative estimate of drug-likeness (QED) is 0.258. The Morgan fingerprint density at radius 2 is 1.78 bits per heavy atom. The Kier molecular flexibility index (Phi) is 7.23. The van der Waals surface area contributed by atoms with Gasteiger partial charge in [-0.1, -0.05) is 35.2 Å². The molecular weight excluding hydrogens is 388 g/mol. The van der Waals surface area contributed by atoms with Crippen LogP contribution in [0.2, 0.25) is 0 Å². The molecule has 1 heterocycles. The van der Waals surface area contributed by atoms with Crippen molar-refractivity contribution in [2.75, 3.05) is 0 Å². The molecule has 2 aliphatic rings. The summed E-state index contributed by atoms with van der Waals surface area (Å²) >= 11 is 0. The van der Waals surface area contributed by atoms with Gasteiger partial charge in [-0.15, -0.1) is 0 Å². The molecule has 7 heteroatoms. The summed E-state index contributed by atoms with van der Waals surface area (Å²) in [6.45, 7) is 0. The zero-order chi connectivity index (χ0) is 18.4. The van der Waals surface area contributed by atoms with E-state index in [0.29, 0.717) is 17.7 Å². The number of rotatable bonds is 3. The van der Waals surface area contributed by atoms with Crippen LogP contribution in [-0.2, 0) is 21.9 Å². The number of nitro benzene ring substituents is 1. The van der Waals surface area contributed by atoms with Gasteiger partial charge >= 0.3 is 17.1 Å². The average Bonchev–Trinajstić information content (AvgIpc) is 3.45. The number of hydrogen-bond acceptors (Lipinski definition) is 5. The first kappa shape index (κ1) is 20.3. The minimum atomic E-state index is -0.627. The molecule has 138 valence electrons. The number of nitro groups is 1. The van der Waals surface area contributed by atoms with Crippen LogP contribution in [0.25, 0.3) is 0 Å². The second kappa shape index (κ2) is 9.61. The molecule has 0 saturated heterocycles. The maximum absolute atomic E-state index is 12.1. The van der Waals surface area contributed by atoms with Gasteiger partial charge in [-0.05, 0) is 23.3 Å². The van der Waals surface area contributed by atoms with Gasteiger partial charge in [0, 0.05) is 18.6 Å². The molecule has 1 atom stereocenters. The van der Waals surface area contributed by atoms with Crippen molar-refractivity contribution in [3.63, 3.8) is 0 Å². The molecule has 0 bridgehead atoms. The van der Waals surface area contributed by atoms with Crippen LogP contribution in [-0.4, -0.2) is 16.7 Å². The topological polar surface area (TPSA) is 87.8 Å². The summed E-state index contributed by atoms with van der Waals surface area (Å²) in [5, 5.41) is 26.7. The first-order valence-electron chi connectivity index (χ1n) is 8.05. The molecule has 4 rings (SSSR count). The number of benzene rings is 1.